The Morgan fingerprint density at radius 3 is 2.32 bits per heavy atom. The minimum Gasteiger partial charge on any atom is -0.478 e. The first-order valence-corrected chi connectivity index (χ1v) is 9.03. The smallest absolute Gasteiger partial charge is 0.337 e. The van der Waals surface area contributed by atoms with Gasteiger partial charge in [-0.05, 0) is 61.7 Å². The van der Waals surface area contributed by atoms with Crippen LogP contribution >= 0.6 is 15.9 Å². The molecule has 0 aromatic heterocycles. The lowest BCUT2D eigenvalue weighted by atomic mass is 10.1. The van der Waals surface area contributed by atoms with Crippen LogP contribution < -0.4 is 10.2 Å². The molecule has 0 saturated carbocycles. The van der Waals surface area contributed by atoms with Crippen LogP contribution in [0.25, 0.3) is 0 Å². The highest BCUT2D eigenvalue weighted by Gasteiger charge is 2.17. The minimum absolute atomic E-state index is 0.105. The molecule has 0 spiro atoms. The first-order valence-electron chi connectivity index (χ1n) is 8.24. The first-order chi connectivity index (χ1) is 12.0. The number of hydrogen-bond donors (Lipinski definition) is 2. The summed E-state index contributed by atoms with van der Waals surface area (Å²) < 4.78 is 0.876. The quantitative estimate of drug-likeness (QED) is 0.795. The number of hydrogen-bond acceptors (Lipinski definition) is 3. The second kappa shape index (κ2) is 7.70. The third kappa shape index (κ3) is 4.20. The number of amides is 1. The van der Waals surface area contributed by atoms with Crippen molar-refractivity contribution < 1.29 is 14.7 Å². The van der Waals surface area contributed by atoms with Crippen molar-refractivity contribution in [1.29, 1.82) is 0 Å². The molecule has 2 aromatic carbocycles. The number of halogens is 1. The van der Waals surface area contributed by atoms with E-state index >= 15 is 0 Å². The van der Waals surface area contributed by atoms with Crippen LogP contribution in [0.15, 0.2) is 46.9 Å². The van der Waals surface area contributed by atoms with E-state index in [2.05, 4.69) is 26.1 Å². The molecule has 3 rings (SSSR count). The SMILES string of the molecule is O=C(Nc1ccc(N2CCCCC2)cc1C(=O)O)c1ccc(Br)cc1. The normalized spacial score (nSPS) is 14.2. The lowest BCUT2D eigenvalue weighted by Gasteiger charge is -2.29. The summed E-state index contributed by atoms with van der Waals surface area (Å²) in [6.07, 6.45) is 3.44. The summed E-state index contributed by atoms with van der Waals surface area (Å²) >= 11 is 3.32. The number of carbonyl (C=O) groups excluding carboxylic acids is 1. The molecule has 1 heterocycles. The summed E-state index contributed by atoms with van der Waals surface area (Å²) in [6.45, 7) is 1.87. The van der Waals surface area contributed by atoms with Crippen LogP contribution in [0.3, 0.4) is 0 Å². The van der Waals surface area contributed by atoms with Gasteiger partial charge in [-0.15, -0.1) is 0 Å². The topological polar surface area (TPSA) is 69.6 Å². The Hall–Kier alpha value is -2.34. The molecule has 0 radical (unpaired) electrons. The predicted octanol–water partition coefficient (Wildman–Crippen LogP) is 4.39. The van der Waals surface area contributed by atoms with E-state index in [-0.39, 0.29) is 11.5 Å². The van der Waals surface area contributed by atoms with Crippen molar-refractivity contribution in [3.8, 4) is 0 Å². The van der Waals surface area contributed by atoms with Gasteiger partial charge in [-0.25, -0.2) is 4.79 Å². The van der Waals surface area contributed by atoms with Gasteiger partial charge in [0.25, 0.3) is 5.91 Å². The molecular weight excluding hydrogens is 384 g/mol. The molecule has 25 heavy (non-hydrogen) atoms. The van der Waals surface area contributed by atoms with Crippen molar-refractivity contribution in [3.05, 3.63) is 58.1 Å². The number of carbonyl (C=O) groups is 2. The second-order valence-electron chi connectivity index (χ2n) is 6.04. The van der Waals surface area contributed by atoms with Gasteiger partial charge in [-0.1, -0.05) is 15.9 Å². The number of nitrogens with one attached hydrogen (secondary N) is 1. The van der Waals surface area contributed by atoms with E-state index in [9.17, 15) is 14.7 Å². The van der Waals surface area contributed by atoms with Gasteiger partial charge in [0.05, 0.1) is 11.3 Å². The molecule has 6 heteroatoms. The summed E-state index contributed by atoms with van der Waals surface area (Å²) in [6, 6.07) is 12.1. The molecule has 1 aliphatic rings. The maximum absolute atomic E-state index is 12.4. The Morgan fingerprint density at radius 2 is 1.68 bits per heavy atom. The predicted molar refractivity (Wildman–Crippen MR) is 102 cm³/mol. The zero-order valence-corrected chi connectivity index (χ0v) is 15.3. The molecule has 1 fully saturated rings. The summed E-state index contributed by atoms with van der Waals surface area (Å²) in [7, 11) is 0. The molecule has 5 nitrogen and oxygen atoms in total. The molecular formula is C19H19BrN2O3. The van der Waals surface area contributed by atoms with Gasteiger partial charge >= 0.3 is 5.97 Å². The number of aromatic carboxylic acids is 1. The van der Waals surface area contributed by atoms with Gasteiger partial charge in [-0.3, -0.25) is 4.79 Å². The zero-order chi connectivity index (χ0) is 17.8. The number of rotatable bonds is 4. The lowest BCUT2D eigenvalue weighted by molar-refractivity contribution is 0.0698. The largest absolute Gasteiger partial charge is 0.478 e. The van der Waals surface area contributed by atoms with Gasteiger partial charge in [-0.2, -0.15) is 0 Å². The molecule has 0 aliphatic carbocycles. The summed E-state index contributed by atoms with van der Waals surface area (Å²) in [4.78, 5) is 26.2. The first kappa shape index (κ1) is 17.5. The third-order valence-electron chi connectivity index (χ3n) is 4.31. The molecule has 0 unspecified atom stereocenters. The average Bonchev–Trinajstić information content (AvgIpc) is 2.63. The number of carboxylic acids is 1. The van der Waals surface area contributed by atoms with Crippen LogP contribution in [-0.2, 0) is 0 Å². The maximum Gasteiger partial charge on any atom is 0.337 e. The minimum atomic E-state index is -1.05. The fraction of sp³-hybridized carbons (Fsp3) is 0.263. The molecule has 2 N–H and O–H groups in total. The molecule has 1 amide bonds. The summed E-state index contributed by atoms with van der Waals surface area (Å²) in [5.74, 6) is -1.38. The van der Waals surface area contributed by atoms with Crippen LogP contribution in [0.4, 0.5) is 11.4 Å². The Bertz CT molecular complexity index is 784. The Labute approximate surface area is 154 Å². The highest BCUT2D eigenvalue weighted by Crippen LogP contribution is 2.26. The van der Waals surface area contributed by atoms with E-state index in [1.807, 2.05) is 6.07 Å². The summed E-state index contributed by atoms with van der Waals surface area (Å²) in [5.41, 5.74) is 1.77. The van der Waals surface area contributed by atoms with Crippen molar-refractivity contribution in [3.63, 3.8) is 0 Å². The molecule has 0 atom stereocenters. The van der Waals surface area contributed by atoms with Crippen molar-refractivity contribution in [2.75, 3.05) is 23.3 Å². The Kier molecular flexibility index (Phi) is 5.38. The van der Waals surface area contributed by atoms with Gasteiger partial charge in [0.15, 0.2) is 0 Å². The number of carboxylic acid groups (broad SMARTS) is 1. The van der Waals surface area contributed by atoms with Gasteiger partial charge in [0, 0.05) is 28.8 Å². The van der Waals surface area contributed by atoms with E-state index in [1.54, 1.807) is 36.4 Å². The van der Waals surface area contributed by atoms with E-state index in [0.717, 1.165) is 36.1 Å². The van der Waals surface area contributed by atoms with Crippen molar-refractivity contribution >= 4 is 39.2 Å². The number of piperidine rings is 1. The van der Waals surface area contributed by atoms with Gasteiger partial charge in [0.1, 0.15) is 0 Å². The second-order valence-corrected chi connectivity index (χ2v) is 6.96. The number of nitrogens with zero attached hydrogens (tertiary/aromatic N) is 1. The van der Waals surface area contributed by atoms with Crippen LogP contribution in [0, 0.1) is 0 Å². The monoisotopic (exact) mass is 402 g/mol. The Balaban J connectivity index is 1.83. The third-order valence-corrected chi connectivity index (χ3v) is 4.84. The van der Waals surface area contributed by atoms with E-state index in [0.29, 0.717) is 11.3 Å². The van der Waals surface area contributed by atoms with Gasteiger partial charge < -0.3 is 15.3 Å². The summed E-state index contributed by atoms with van der Waals surface area (Å²) in [5, 5.41) is 12.2. The molecule has 130 valence electrons. The zero-order valence-electron chi connectivity index (χ0n) is 13.7. The number of benzene rings is 2. The maximum atomic E-state index is 12.4. The Morgan fingerprint density at radius 1 is 1.00 bits per heavy atom. The average molecular weight is 403 g/mol. The van der Waals surface area contributed by atoms with E-state index in [4.69, 9.17) is 0 Å². The van der Waals surface area contributed by atoms with Gasteiger partial charge in [0.2, 0.25) is 0 Å². The van der Waals surface area contributed by atoms with Crippen molar-refractivity contribution in [1.82, 2.24) is 0 Å². The molecule has 1 saturated heterocycles. The molecule has 2 aromatic rings. The van der Waals surface area contributed by atoms with Crippen molar-refractivity contribution in [2.24, 2.45) is 0 Å². The standard InChI is InChI=1S/C19H19BrN2O3/c20-14-6-4-13(5-7-14)18(23)21-17-9-8-15(12-16(17)19(24)25)22-10-2-1-3-11-22/h4-9,12H,1-3,10-11H2,(H,21,23)(H,24,25). The molecule has 0 bridgehead atoms. The highest BCUT2D eigenvalue weighted by molar-refractivity contribution is 9.10. The van der Waals surface area contributed by atoms with Crippen LogP contribution in [-0.4, -0.2) is 30.1 Å². The highest BCUT2D eigenvalue weighted by atomic mass is 79.9. The number of anilines is 2. The fourth-order valence-electron chi connectivity index (χ4n) is 2.96. The van der Waals surface area contributed by atoms with E-state index in [1.165, 1.54) is 6.42 Å². The fourth-order valence-corrected chi connectivity index (χ4v) is 3.23. The lowest BCUT2D eigenvalue weighted by Crippen LogP contribution is -2.29. The molecule has 1 aliphatic heterocycles. The van der Waals surface area contributed by atoms with Crippen molar-refractivity contribution in [2.45, 2.75) is 19.3 Å². The van der Waals surface area contributed by atoms with E-state index < -0.39 is 5.97 Å². The van der Waals surface area contributed by atoms with Crippen LogP contribution in [0.5, 0.6) is 0 Å². The van der Waals surface area contributed by atoms with Crippen LogP contribution in [0.2, 0.25) is 0 Å². The van der Waals surface area contributed by atoms with Crippen LogP contribution in [0.1, 0.15) is 40.0 Å².